The Bertz CT molecular complexity index is 502. The summed E-state index contributed by atoms with van der Waals surface area (Å²) in [5.74, 6) is 0. The average Bonchev–Trinajstić information content (AvgIpc) is 2.44. The second kappa shape index (κ2) is 7.38. The maximum absolute atomic E-state index is 11.9. The summed E-state index contributed by atoms with van der Waals surface area (Å²) < 4.78 is 0. The molecule has 1 saturated heterocycles. The van der Waals surface area contributed by atoms with Crippen LogP contribution in [0.4, 0.5) is 0 Å². The van der Waals surface area contributed by atoms with Crippen LogP contribution in [0, 0.1) is 0 Å². The highest BCUT2D eigenvalue weighted by Crippen LogP contribution is 2.15. The highest BCUT2D eigenvalue weighted by Gasteiger charge is 2.18. The number of piperidine rings is 1. The predicted octanol–water partition coefficient (Wildman–Crippen LogP) is 0.389. The van der Waals surface area contributed by atoms with Gasteiger partial charge in [-0.1, -0.05) is 12.2 Å². The summed E-state index contributed by atoms with van der Waals surface area (Å²) in [5, 5.41) is 9.53. The average molecular weight is 277 g/mol. The van der Waals surface area contributed by atoms with Crippen molar-refractivity contribution in [1.82, 2.24) is 9.88 Å². The fraction of sp³-hybridized carbons (Fsp3) is 0.533. The van der Waals surface area contributed by atoms with E-state index in [1.165, 1.54) is 0 Å². The van der Waals surface area contributed by atoms with E-state index in [1.807, 2.05) is 18.2 Å². The van der Waals surface area contributed by atoms with Crippen LogP contribution in [0.25, 0.3) is 0 Å². The number of pyridine rings is 1. The second-order valence-electron chi connectivity index (χ2n) is 5.23. The van der Waals surface area contributed by atoms with Crippen molar-refractivity contribution >= 4 is 0 Å². The van der Waals surface area contributed by atoms with Crippen molar-refractivity contribution in [2.24, 2.45) is 5.73 Å². The van der Waals surface area contributed by atoms with Crippen molar-refractivity contribution in [3.05, 3.63) is 45.9 Å². The van der Waals surface area contributed by atoms with E-state index in [4.69, 9.17) is 5.73 Å². The number of aliphatic hydroxyl groups is 1. The fourth-order valence-electron chi connectivity index (χ4n) is 2.54. The Balaban J connectivity index is 2.08. The summed E-state index contributed by atoms with van der Waals surface area (Å²) in [6.45, 7) is 3.02. The molecule has 0 unspecified atom stereocenters. The molecule has 0 radical (unpaired) electrons. The first-order chi connectivity index (χ1) is 9.70. The third kappa shape index (κ3) is 4.03. The lowest BCUT2D eigenvalue weighted by Gasteiger charge is -2.29. The molecule has 5 nitrogen and oxygen atoms in total. The van der Waals surface area contributed by atoms with Crippen LogP contribution >= 0.6 is 0 Å². The Morgan fingerprint density at radius 1 is 1.40 bits per heavy atom. The van der Waals surface area contributed by atoms with Gasteiger partial charge >= 0.3 is 0 Å². The number of H-pyrrole nitrogens is 1. The number of nitrogens with one attached hydrogen (secondary N) is 1. The van der Waals surface area contributed by atoms with Gasteiger partial charge in [0.2, 0.25) is 0 Å². The van der Waals surface area contributed by atoms with Crippen LogP contribution in [0.5, 0.6) is 0 Å². The maximum Gasteiger partial charge on any atom is 0.251 e. The fourth-order valence-corrected chi connectivity index (χ4v) is 2.54. The molecule has 2 heterocycles. The zero-order valence-corrected chi connectivity index (χ0v) is 11.7. The van der Waals surface area contributed by atoms with Crippen LogP contribution in [-0.2, 0) is 13.0 Å². The first kappa shape index (κ1) is 15.0. The van der Waals surface area contributed by atoms with Gasteiger partial charge in [-0.2, -0.15) is 0 Å². The number of allylic oxidation sites excluding steroid dienone is 1. The van der Waals surface area contributed by atoms with E-state index >= 15 is 0 Å². The smallest absolute Gasteiger partial charge is 0.251 e. The Morgan fingerprint density at radius 2 is 2.15 bits per heavy atom. The largest absolute Gasteiger partial charge is 0.393 e. The standard InChI is InChI=1S/C15H23N3O2/c16-7-2-1-3-14-12(4-8-17-15(14)20)11-18-9-5-13(19)6-10-18/h1-2,4,8,13,19H,3,5-7,9-11,16H2,(H,17,20). The van der Waals surface area contributed by atoms with Crippen molar-refractivity contribution < 1.29 is 5.11 Å². The van der Waals surface area contributed by atoms with Crippen molar-refractivity contribution in [2.75, 3.05) is 19.6 Å². The van der Waals surface area contributed by atoms with E-state index in [0.29, 0.717) is 13.0 Å². The molecule has 1 aliphatic rings. The minimum absolute atomic E-state index is 0.0267. The summed E-state index contributed by atoms with van der Waals surface area (Å²) in [7, 11) is 0. The van der Waals surface area contributed by atoms with Gasteiger partial charge in [-0.25, -0.2) is 0 Å². The highest BCUT2D eigenvalue weighted by atomic mass is 16.3. The molecule has 110 valence electrons. The van der Waals surface area contributed by atoms with Gasteiger partial charge in [-0.15, -0.1) is 0 Å². The minimum atomic E-state index is -0.169. The normalized spacial score (nSPS) is 17.9. The van der Waals surface area contributed by atoms with Crippen molar-refractivity contribution in [3.63, 3.8) is 0 Å². The van der Waals surface area contributed by atoms with E-state index < -0.39 is 0 Å². The zero-order valence-electron chi connectivity index (χ0n) is 11.7. The van der Waals surface area contributed by atoms with Crippen LogP contribution in [-0.4, -0.2) is 40.7 Å². The lowest BCUT2D eigenvalue weighted by Crippen LogP contribution is -2.36. The topological polar surface area (TPSA) is 82.3 Å². The minimum Gasteiger partial charge on any atom is -0.393 e. The van der Waals surface area contributed by atoms with Gasteiger partial charge in [0.25, 0.3) is 5.56 Å². The van der Waals surface area contributed by atoms with Crippen LogP contribution in [0.3, 0.4) is 0 Å². The molecular weight excluding hydrogens is 254 g/mol. The maximum atomic E-state index is 11.9. The van der Waals surface area contributed by atoms with Gasteiger partial charge in [-0.05, 0) is 30.9 Å². The first-order valence-electron chi connectivity index (χ1n) is 7.15. The third-order valence-corrected chi connectivity index (χ3v) is 3.74. The predicted molar refractivity (Wildman–Crippen MR) is 79.5 cm³/mol. The zero-order chi connectivity index (χ0) is 14.4. The molecule has 0 spiro atoms. The molecule has 0 atom stereocenters. The number of aromatic amines is 1. The van der Waals surface area contributed by atoms with E-state index in [0.717, 1.165) is 43.6 Å². The summed E-state index contributed by atoms with van der Waals surface area (Å²) in [5.41, 5.74) is 7.27. The molecule has 0 saturated carbocycles. The molecule has 1 aliphatic heterocycles. The molecule has 1 aromatic heterocycles. The number of aromatic nitrogens is 1. The van der Waals surface area contributed by atoms with Crippen molar-refractivity contribution in [1.29, 1.82) is 0 Å². The summed E-state index contributed by atoms with van der Waals surface area (Å²) in [4.78, 5) is 17.0. The molecule has 20 heavy (non-hydrogen) atoms. The van der Waals surface area contributed by atoms with Gasteiger partial charge in [0.05, 0.1) is 6.10 Å². The van der Waals surface area contributed by atoms with Gasteiger partial charge < -0.3 is 15.8 Å². The SMILES string of the molecule is NCC=CCc1c(CN2CCC(O)CC2)cc[nH]c1=O. The number of aliphatic hydroxyl groups excluding tert-OH is 1. The number of nitrogens with two attached hydrogens (primary N) is 1. The van der Waals surface area contributed by atoms with Gasteiger partial charge in [-0.3, -0.25) is 9.69 Å². The number of hydrogen-bond acceptors (Lipinski definition) is 4. The molecule has 1 aromatic rings. The molecular formula is C15H23N3O2. The summed E-state index contributed by atoms with van der Waals surface area (Å²) in [6.07, 6.45) is 7.57. The number of nitrogens with zero attached hydrogens (tertiary/aromatic N) is 1. The monoisotopic (exact) mass is 277 g/mol. The quantitative estimate of drug-likeness (QED) is 0.680. The van der Waals surface area contributed by atoms with Gasteiger partial charge in [0.15, 0.2) is 0 Å². The van der Waals surface area contributed by atoms with Crippen LogP contribution in [0.1, 0.15) is 24.0 Å². The summed E-state index contributed by atoms with van der Waals surface area (Å²) in [6, 6.07) is 1.97. The molecule has 1 fully saturated rings. The molecule has 4 N–H and O–H groups in total. The molecule has 5 heteroatoms. The summed E-state index contributed by atoms with van der Waals surface area (Å²) >= 11 is 0. The lowest BCUT2D eigenvalue weighted by molar-refractivity contribution is 0.0791. The molecule has 0 aromatic carbocycles. The number of rotatable bonds is 5. The molecule has 0 amide bonds. The van der Waals surface area contributed by atoms with Crippen LogP contribution < -0.4 is 11.3 Å². The van der Waals surface area contributed by atoms with E-state index in [2.05, 4.69) is 9.88 Å². The Kier molecular flexibility index (Phi) is 5.52. The molecule has 0 aliphatic carbocycles. The first-order valence-corrected chi connectivity index (χ1v) is 7.15. The Labute approximate surface area is 119 Å². The molecule has 0 bridgehead atoms. The van der Waals surface area contributed by atoms with E-state index in [9.17, 15) is 9.90 Å². The van der Waals surface area contributed by atoms with Crippen LogP contribution in [0.15, 0.2) is 29.2 Å². The van der Waals surface area contributed by atoms with Gasteiger partial charge in [0.1, 0.15) is 0 Å². The number of likely N-dealkylation sites (tertiary alicyclic amines) is 1. The van der Waals surface area contributed by atoms with E-state index in [1.54, 1.807) is 6.20 Å². The lowest BCUT2D eigenvalue weighted by atomic mass is 10.0. The Morgan fingerprint density at radius 3 is 2.85 bits per heavy atom. The Hall–Kier alpha value is -1.43. The third-order valence-electron chi connectivity index (χ3n) is 3.74. The van der Waals surface area contributed by atoms with Crippen molar-refractivity contribution in [2.45, 2.75) is 31.9 Å². The molecule has 2 rings (SSSR count). The van der Waals surface area contributed by atoms with Crippen LogP contribution in [0.2, 0.25) is 0 Å². The van der Waals surface area contributed by atoms with Gasteiger partial charge in [0, 0.05) is 37.9 Å². The second-order valence-corrected chi connectivity index (χ2v) is 5.23. The number of hydrogen-bond donors (Lipinski definition) is 3. The highest BCUT2D eigenvalue weighted by molar-refractivity contribution is 5.25. The van der Waals surface area contributed by atoms with Crippen molar-refractivity contribution in [3.8, 4) is 0 Å². The van der Waals surface area contributed by atoms with E-state index in [-0.39, 0.29) is 11.7 Å².